The quantitative estimate of drug-likeness (QED) is 0.731. The highest BCUT2D eigenvalue weighted by molar-refractivity contribution is 5.73. The van der Waals surface area contributed by atoms with Crippen molar-refractivity contribution in [2.24, 2.45) is 0 Å². The molecule has 1 aromatic rings. The van der Waals surface area contributed by atoms with Gasteiger partial charge in [-0.2, -0.15) is 0 Å². The van der Waals surface area contributed by atoms with Gasteiger partial charge in [-0.15, -0.1) is 0 Å². The first-order valence-corrected chi connectivity index (χ1v) is 6.41. The fourth-order valence-electron chi connectivity index (χ4n) is 1.57. The van der Waals surface area contributed by atoms with Crippen LogP contribution in [0.2, 0.25) is 0 Å². The van der Waals surface area contributed by atoms with Gasteiger partial charge in [-0.25, -0.2) is 4.79 Å². The minimum atomic E-state index is -0.109. The predicted molar refractivity (Wildman–Crippen MR) is 72.8 cm³/mol. The van der Waals surface area contributed by atoms with Crippen molar-refractivity contribution in [1.29, 1.82) is 0 Å². The summed E-state index contributed by atoms with van der Waals surface area (Å²) < 4.78 is 5.07. The number of methoxy groups -OCH3 is 1. The second-order valence-corrected chi connectivity index (χ2v) is 4.16. The third-order valence-corrected chi connectivity index (χ3v) is 2.68. The van der Waals surface area contributed by atoms with Gasteiger partial charge in [0, 0.05) is 13.1 Å². The van der Waals surface area contributed by atoms with E-state index >= 15 is 0 Å². The van der Waals surface area contributed by atoms with Gasteiger partial charge in [0.05, 0.1) is 7.11 Å². The first kappa shape index (κ1) is 14.4. The van der Waals surface area contributed by atoms with Gasteiger partial charge in [0.25, 0.3) is 0 Å². The number of hydrogen-bond acceptors (Lipinski definition) is 2. The number of unbranched alkanes of at least 4 members (excludes halogenated alkanes) is 2. The van der Waals surface area contributed by atoms with Crippen LogP contribution in [0.15, 0.2) is 24.3 Å². The molecule has 100 valence electrons. The summed E-state index contributed by atoms with van der Waals surface area (Å²) in [5, 5.41) is 5.66. The number of urea groups is 1. The zero-order valence-electron chi connectivity index (χ0n) is 11.2. The van der Waals surface area contributed by atoms with Crippen molar-refractivity contribution in [1.82, 2.24) is 10.6 Å². The molecule has 0 unspecified atom stereocenters. The Bertz CT molecular complexity index is 349. The van der Waals surface area contributed by atoms with Crippen LogP contribution < -0.4 is 15.4 Å². The third kappa shape index (κ3) is 5.57. The summed E-state index contributed by atoms with van der Waals surface area (Å²) in [6, 6.07) is 7.54. The summed E-state index contributed by atoms with van der Waals surface area (Å²) in [7, 11) is 1.64. The lowest BCUT2D eigenvalue weighted by Gasteiger charge is -2.08. The zero-order chi connectivity index (χ0) is 13.2. The van der Waals surface area contributed by atoms with Crippen molar-refractivity contribution in [3.05, 3.63) is 29.8 Å². The predicted octanol–water partition coefficient (Wildman–Crippen LogP) is 2.68. The van der Waals surface area contributed by atoms with E-state index < -0.39 is 0 Å². The van der Waals surface area contributed by atoms with Gasteiger partial charge in [-0.3, -0.25) is 0 Å². The number of rotatable bonds is 7. The monoisotopic (exact) mass is 250 g/mol. The van der Waals surface area contributed by atoms with Crippen LogP contribution in [0, 0.1) is 0 Å². The van der Waals surface area contributed by atoms with E-state index in [0.717, 1.165) is 37.1 Å². The van der Waals surface area contributed by atoms with E-state index in [-0.39, 0.29) is 6.03 Å². The van der Waals surface area contributed by atoms with E-state index in [1.165, 1.54) is 0 Å². The number of amides is 2. The number of benzene rings is 1. The molecule has 1 aromatic carbocycles. The van der Waals surface area contributed by atoms with E-state index in [1.807, 2.05) is 24.3 Å². The highest BCUT2D eigenvalue weighted by atomic mass is 16.5. The van der Waals surface area contributed by atoms with Crippen molar-refractivity contribution >= 4 is 6.03 Å². The molecule has 0 aromatic heterocycles. The van der Waals surface area contributed by atoms with E-state index in [1.54, 1.807) is 7.11 Å². The molecule has 0 saturated carbocycles. The Morgan fingerprint density at radius 3 is 2.50 bits per heavy atom. The highest BCUT2D eigenvalue weighted by Gasteiger charge is 1.99. The van der Waals surface area contributed by atoms with E-state index in [4.69, 9.17) is 4.74 Å². The topological polar surface area (TPSA) is 50.4 Å². The molecule has 4 nitrogen and oxygen atoms in total. The molecule has 2 N–H and O–H groups in total. The molecule has 0 atom stereocenters. The van der Waals surface area contributed by atoms with Gasteiger partial charge in [0.2, 0.25) is 0 Å². The molecule has 0 heterocycles. The number of carbonyl (C=O) groups excluding carboxylic acids is 1. The summed E-state index contributed by atoms with van der Waals surface area (Å²) in [6.07, 6.45) is 3.35. The summed E-state index contributed by atoms with van der Waals surface area (Å²) in [5.41, 5.74) is 1.06. The Kier molecular flexibility index (Phi) is 6.69. The Morgan fingerprint density at radius 1 is 1.17 bits per heavy atom. The van der Waals surface area contributed by atoms with Gasteiger partial charge >= 0.3 is 6.03 Å². The minimum absolute atomic E-state index is 0.109. The summed E-state index contributed by atoms with van der Waals surface area (Å²) in [5.74, 6) is 0.822. The standard InChI is InChI=1S/C14H22N2O2/c1-3-4-5-10-15-14(17)16-11-12-6-8-13(18-2)9-7-12/h6-9H,3-5,10-11H2,1-2H3,(H2,15,16,17). The van der Waals surface area contributed by atoms with Crippen molar-refractivity contribution in [2.75, 3.05) is 13.7 Å². The molecule has 0 bridgehead atoms. The lowest BCUT2D eigenvalue weighted by Crippen LogP contribution is -2.35. The third-order valence-electron chi connectivity index (χ3n) is 2.68. The normalized spacial score (nSPS) is 9.89. The van der Waals surface area contributed by atoms with Crippen LogP contribution in [0.4, 0.5) is 4.79 Å². The van der Waals surface area contributed by atoms with Crippen molar-refractivity contribution in [2.45, 2.75) is 32.7 Å². The maximum atomic E-state index is 11.5. The van der Waals surface area contributed by atoms with Crippen molar-refractivity contribution < 1.29 is 9.53 Å². The zero-order valence-corrected chi connectivity index (χ0v) is 11.2. The average molecular weight is 250 g/mol. The van der Waals surface area contributed by atoms with Crippen molar-refractivity contribution in [3.8, 4) is 5.75 Å². The van der Waals surface area contributed by atoms with Crippen molar-refractivity contribution in [3.63, 3.8) is 0 Å². The second-order valence-electron chi connectivity index (χ2n) is 4.16. The first-order chi connectivity index (χ1) is 8.76. The molecule has 0 spiro atoms. The molecule has 0 aliphatic carbocycles. The molecule has 4 heteroatoms. The van der Waals surface area contributed by atoms with Crippen LogP contribution in [0.25, 0.3) is 0 Å². The Morgan fingerprint density at radius 2 is 1.89 bits per heavy atom. The molecule has 0 fully saturated rings. The number of hydrogen-bond donors (Lipinski definition) is 2. The van der Waals surface area contributed by atoms with E-state index in [9.17, 15) is 4.79 Å². The van der Waals surface area contributed by atoms with Gasteiger partial charge in [-0.1, -0.05) is 31.9 Å². The first-order valence-electron chi connectivity index (χ1n) is 6.41. The van der Waals surface area contributed by atoms with Crippen LogP contribution in [-0.2, 0) is 6.54 Å². The van der Waals surface area contributed by atoms with Gasteiger partial charge in [0.15, 0.2) is 0 Å². The van der Waals surface area contributed by atoms with Crippen LogP contribution >= 0.6 is 0 Å². The maximum absolute atomic E-state index is 11.5. The molecule has 1 rings (SSSR count). The van der Waals surface area contributed by atoms with Gasteiger partial charge in [0.1, 0.15) is 5.75 Å². The van der Waals surface area contributed by atoms with Crippen LogP contribution in [-0.4, -0.2) is 19.7 Å². The molecular formula is C14H22N2O2. The van der Waals surface area contributed by atoms with E-state index in [2.05, 4.69) is 17.6 Å². The molecule has 0 saturated heterocycles. The maximum Gasteiger partial charge on any atom is 0.315 e. The number of carbonyl (C=O) groups is 1. The molecular weight excluding hydrogens is 228 g/mol. The average Bonchev–Trinajstić information content (AvgIpc) is 2.42. The summed E-state index contributed by atoms with van der Waals surface area (Å²) >= 11 is 0. The molecule has 18 heavy (non-hydrogen) atoms. The number of nitrogens with one attached hydrogen (secondary N) is 2. The Labute approximate surface area is 109 Å². The smallest absolute Gasteiger partial charge is 0.315 e. The van der Waals surface area contributed by atoms with Gasteiger partial charge < -0.3 is 15.4 Å². The number of ether oxygens (including phenoxy) is 1. The van der Waals surface area contributed by atoms with Gasteiger partial charge in [-0.05, 0) is 24.1 Å². The van der Waals surface area contributed by atoms with Crippen LogP contribution in [0.3, 0.4) is 0 Å². The fourth-order valence-corrected chi connectivity index (χ4v) is 1.57. The lowest BCUT2D eigenvalue weighted by atomic mass is 10.2. The SMILES string of the molecule is CCCCCNC(=O)NCc1ccc(OC)cc1. The molecule has 0 aliphatic heterocycles. The van der Waals surface area contributed by atoms with E-state index in [0.29, 0.717) is 6.54 Å². The molecule has 0 aliphatic rings. The Balaban J connectivity index is 2.20. The second kappa shape index (κ2) is 8.39. The fraction of sp³-hybridized carbons (Fsp3) is 0.500. The summed E-state index contributed by atoms with van der Waals surface area (Å²) in [6.45, 7) is 3.41. The highest BCUT2D eigenvalue weighted by Crippen LogP contribution is 2.10. The summed E-state index contributed by atoms with van der Waals surface area (Å²) in [4.78, 5) is 11.5. The minimum Gasteiger partial charge on any atom is -0.497 e. The molecule has 0 radical (unpaired) electrons. The van der Waals surface area contributed by atoms with Crippen LogP contribution in [0.1, 0.15) is 31.7 Å². The Hall–Kier alpha value is -1.71. The van der Waals surface area contributed by atoms with Crippen LogP contribution in [0.5, 0.6) is 5.75 Å². The lowest BCUT2D eigenvalue weighted by molar-refractivity contribution is 0.240. The molecule has 2 amide bonds. The largest absolute Gasteiger partial charge is 0.497 e.